The number of hydrogen-bond donors (Lipinski definition) is 1. The van der Waals surface area contributed by atoms with Crippen LogP contribution in [0.2, 0.25) is 5.02 Å². The van der Waals surface area contributed by atoms with Crippen LogP contribution in [0, 0.1) is 0 Å². The molecular weight excluding hydrogens is 283 g/mol. The van der Waals surface area contributed by atoms with Gasteiger partial charge >= 0.3 is 5.97 Å². The van der Waals surface area contributed by atoms with Crippen LogP contribution in [0.5, 0.6) is 0 Å². The van der Waals surface area contributed by atoms with Gasteiger partial charge in [-0.3, -0.25) is 9.59 Å². The van der Waals surface area contributed by atoms with Gasteiger partial charge in [0.1, 0.15) is 4.83 Å². The third-order valence-corrected chi connectivity index (χ3v) is 2.77. The van der Waals surface area contributed by atoms with E-state index in [1.165, 1.54) is 0 Å². The molecule has 0 bridgehead atoms. The molecule has 5 heteroatoms. The van der Waals surface area contributed by atoms with Gasteiger partial charge in [-0.25, -0.2) is 0 Å². The molecule has 0 spiro atoms. The van der Waals surface area contributed by atoms with Gasteiger partial charge in [-0.05, 0) is 24.3 Å². The summed E-state index contributed by atoms with van der Waals surface area (Å²) in [4.78, 5) is 21.2. The van der Waals surface area contributed by atoms with Crippen molar-refractivity contribution in [3.05, 3.63) is 34.9 Å². The fourth-order valence-electron chi connectivity index (χ4n) is 1.00. The maximum absolute atomic E-state index is 11.5. The first kappa shape index (κ1) is 12.2. The number of carboxylic acids is 1. The second-order valence-corrected chi connectivity index (χ2v) is 4.48. The molecule has 0 aliphatic rings. The van der Waals surface area contributed by atoms with Gasteiger partial charge < -0.3 is 5.11 Å². The lowest BCUT2D eigenvalue weighted by atomic mass is 10.1. The molecule has 15 heavy (non-hydrogen) atoms. The third kappa shape index (κ3) is 3.64. The first-order valence-corrected chi connectivity index (χ1v) is 5.45. The van der Waals surface area contributed by atoms with Crippen molar-refractivity contribution in [3.8, 4) is 0 Å². The predicted molar refractivity (Wildman–Crippen MR) is 60.8 cm³/mol. The Morgan fingerprint density at radius 1 is 1.33 bits per heavy atom. The zero-order valence-electron chi connectivity index (χ0n) is 7.61. The number of carbonyl (C=O) groups is 2. The molecule has 1 atom stereocenters. The number of ketones is 1. The largest absolute Gasteiger partial charge is 0.480 e. The minimum atomic E-state index is -1.04. The molecule has 1 unspecified atom stereocenters. The lowest BCUT2D eigenvalue weighted by molar-refractivity contribution is -0.136. The highest BCUT2D eigenvalue weighted by molar-refractivity contribution is 9.10. The molecule has 1 aromatic carbocycles. The summed E-state index contributed by atoms with van der Waals surface area (Å²) in [6.07, 6.45) is -0.0725. The van der Waals surface area contributed by atoms with Gasteiger partial charge in [0, 0.05) is 17.0 Å². The summed E-state index contributed by atoms with van der Waals surface area (Å²) in [6, 6.07) is 6.34. The molecule has 3 nitrogen and oxygen atoms in total. The average Bonchev–Trinajstić information content (AvgIpc) is 2.18. The van der Waals surface area contributed by atoms with Gasteiger partial charge in [0.25, 0.3) is 0 Å². The minimum Gasteiger partial charge on any atom is -0.480 e. The topological polar surface area (TPSA) is 54.4 Å². The van der Waals surface area contributed by atoms with Crippen LogP contribution < -0.4 is 0 Å². The van der Waals surface area contributed by atoms with Crippen LogP contribution in [-0.4, -0.2) is 21.7 Å². The molecule has 0 aliphatic heterocycles. The van der Waals surface area contributed by atoms with Crippen molar-refractivity contribution in [2.75, 3.05) is 0 Å². The smallest absolute Gasteiger partial charge is 0.317 e. The van der Waals surface area contributed by atoms with Crippen LogP contribution in [0.3, 0.4) is 0 Å². The fourth-order valence-corrected chi connectivity index (χ4v) is 1.42. The summed E-state index contributed by atoms with van der Waals surface area (Å²) in [5.41, 5.74) is 0.463. The first-order chi connectivity index (χ1) is 7.00. The Bertz CT molecular complexity index is 375. The summed E-state index contributed by atoms with van der Waals surface area (Å²) in [5.74, 6) is -1.27. The van der Waals surface area contributed by atoms with Crippen molar-refractivity contribution < 1.29 is 14.7 Å². The normalized spacial score (nSPS) is 12.1. The average molecular weight is 292 g/mol. The number of carbonyl (C=O) groups excluding carboxylic acids is 1. The molecular formula is C10H8BrClO3. The predicted octanol–water partition coefficient (Wildman–Crippen LogP) is 2.76. The number of benzene rings is 1. The van der Waals surface area contributed by atoms with Gasteiger partial charge in [0.05, 0.1) is 0 Å². The number of hydrogen-bond acceptors (Lipinski definition) is 2. The zero-order valence-corrected chi connectivity index (χ0v) is 9.96. The van der Waals surface area contributed by atoms with Crippen LogP contribution in [-0.2, 0) is 4.79 Å². The Kier molecular flexibility index (Phi) is 4.29. The summed E-state index contributed by atoms with van der Waals surface area (Å²) in [6.45, 7) is 0. The third-order valence-electron chi connectivity index (χ3n) is 1.80. The summed E-state index contributed by atoms with van der Waals surface area (Å²) in [7, 11) is 0. The van der Waals surface area contributed by atoms with E-state index >= 15 is 0 Å². The van der Waals surface area contributed by atoms with E-state index in [0.717, 1.165) is 0 Å². The molecule has 1 aromatic rings. The first-order valence-electron chi connectivity index (χ1n) is 4.16. The van der Waals surface area contributed by atoms with Crippen molar-refractivity contribution in [3.63, 3.8) is 0 Å². The molecule has 1 N–H and O–H groups in total. The summed E-state index contributed by atoms with van der Waals surface area (Å²) in [5, 5.41) is 9.14. The molecule has 0 saturated heterocycles. The van der Waals surface area contributed by atoms with Crippen molar-refractivity contribution in [1.29, 1.82) is 0 Å². The summed E-state index contributed by atoms with van der Waals surface area (Å²) < 4.78 is 0. The van der Waals surface area contributed by atoms with E-state index in [0.29, 0.717) is 10.6 Å². The van der Waals surface area contributed by atoms with Crippen LogP contribution >= 0.6 is 27.5 Å². The zero-order chi connectivity index (χ0) is 11.4. The molecule has 0 amide bonds. The Hall–Kier alpha value is -0.870. The van der Waals surface area contributed by atoms with Crippen molar-refractivity contribution in [2.45, 2.75) is 11.2 Å². The molecule has 0 fully saturated rings. The van der Waals surface area contributed by atoms with Gasteiger partial charge in [-0.1, -0.05) is 27.5 Å². The van der Waals surface area contributed by atoms with E-state index in [1.807, 2.05) is 0 Å². The molecule has 0 aromatic heterocycles. The monoisotopic (exact) mass is 290 g/mol. The summed E-state index contributed by atoms with van der Waals surface area (Å²) >= 11 is 8.57. The fraction of sp³-hybridized carbons (Fsp3) is 0.200. The molecule has 1 rings (SSSR count). The van der Waals surface area contributed by atoms with E-state index in [1.54, 1.807) is 24.3 Å². The number of rotatable bonds is 4. The molecule has 80 valence electrons. The maximum Gasteiger partial charge on any atom is 0.317 e. The Morgan fingerprint density at radius 3 is 2.33 bits per heavy atom. The van der Waals surface area contributed by atoms with Crippen molar-refractivity contribution in [1.82, 2.24) is 0 Å². The highest BCUT2D eigenvalue weighted by atomic mass is 79.9. The Morgan fingerprint density at radius 2 is 1.87 bits per heavy atom. The number of aliphatic carboxylic acids is 1. The van der Waals surface area contributed by atoms with E-state index in [4.69, 9.17) is 16.7 Å². The highest BCUT2D eigenvalue weighted by Gasteiger charge is 2.18. The van der Waals surface area contributed by atoms with E-state index in [-0.39, 0.29) is 12.2 Å². The van der Waals surface area contributed by atoms with E-state index in [9.17, 15) is 9.59 Å². The van der Waals surface area contributed by atoms with E-state index < -0.39 is 10.8 Å². The van der Waals surface area contributed by atoms with Gasteiger partial charge in [-0.15, -0.1) is 0 Å². The lowest BCUT2D eigenvalue weighted by Gasteiger charge is -2.03. The lowest BCUT2D eigenvalue weighted by Crippen LogP contribution is -2.17. The number of Topliss-reactive ketones (excluding diaryl/α,β-unsaturated/α-hetero) is 1. The second kappa shape index (κ2) is 5.28. The van der Waals surface area contributed by atoms with Gasteiger partial charge in [-0.2, -0.15) is 0 Å². The van der Waals surface area contributed by atoms with Crippen molar-refractivity contribution >= 4 is 39.3 Å². The Balaban J connectivity index is 2.69. The minimum absolute atomic E-state index is 0.0725. The van der Waals surface area contributed by atoms with Gasteiger partial charge in [0.2, 0.25) is 0 Å². The van der Waals surface area contributed by atoms with E-state index in [2.05, 4.69) is 15.9 Å². The molecule has 0 saturated carbocycles. The van der Waals surface area contributed by atoms with Crippen molar-refractivity contribution in [2.24, 2.45) is 0 Å². The van der Waals surface area contributed by atoms with Crippen LogP contribution in [0.15, 0.2) is 24.3 Å². The second-order valence-electron chi connectivity index (χ2n) is 2.94. The Labute approximate surface area is 100 Å². The molecule has 0 heterocycles. The number of carboxylic acid groups (broad SMARTS) is 1. The quantitative estimate of drug-likeness (QED) is 0.685. The van der Waals surface area contributed by atoms with Crippen LogP contribution in [0.25, 0.3) is 0 Å². The molecule has 0 radical (unpaired) electrons. The van der Waals surface area contributed by atoms with Crippen LogP contribution in [0.1, 0.15) is 16.8 Å². The van der Waals surface area contributed by atoms with Gasteiger partial charge in [0.15, 0.2) is 5.78 Å². The number of alkyl halides is 1. The SMILES string of the molecule is O=C(CC(Br)C(=O)O)c1ccc(Cl)cc1. The maximum atomic E-state index is 11.5. The van der Waals surface area contributed by atoms with Crippen LogP contribution in [0.4, 0.5) is 0 Å². The standard InChI is InChI=1S/C10H8BrClO3/c11-8(10(14)15)5-9(13)6-1-3-7(12)4-2-6/h1-4,8H,5H2,(H,14,15). The molecule has 0 aliphatic carbocycles. The number of halogens is 2. The highest BCUT2D eigenvalue weighted by Crippen LogP contribution is 2.14.